The number of rotatable bonds is 6. The first-order chi connectivity index (χ1) is 13.5. The van der Waals surface area contributed by atoms with Crippen molar-refractivity contribution in [3.8, 4) is 11.5 Å². The highest BCUT2D eigenvalue weighted by molar-refractivity contribution is 7.95. The minimum atomic E-state index is -1.69. The molecule has 0 nitrogen and oxygen atoms in total. The van der Waals surface area contributed by atoms with Gasteiger partial charge >= 0.3 is 0 Å². The molecule has 0 bridgehead atoms. The Morgan fingerprint density at radius 1 is 0.655 bits per heavy atom. The summed E-state index contributed by atoms with van der Waals surface area (Å²) in [6.45, 7) is 6.94. The van der Waals surface area contributed by atoms with Crippen molar-refractivity contribution in [2.45, 2.75) is 32.5 Å². The Bertz CT molecular complexity index is 826. The van der Waals surface area contributed by atoms with Gasteiger partial charge in [-0.05, 0) is 42.8 Å². The Kier molecular flexibility index (Phi) is 9.15. The summed E-state index contributed by atoms with van der Waals surface area (Å²) in [4.78, 5) is 0. The van der Waals surface area contributed by atoms with Crippen LogP contribution in [0.1, 0.15) is 12.8 Å². The second-order valence-corrected chi connectivity index (χ2v) is 16.6. The molecule has 0 atom stereocenters. The first kappa shape index (κ1) is 23.9. The molecule has 29 heavy (non-hydrogen) atoms. The van der Waals surface area contributed by atoms with E-state index >= 15 is 0 Å². The summed E-state index contributed by atoms with van der Waals surface area (Å²) in [5.41, 5.74) is 3.53. The SMILES string of the molecule is C[Si](C)(C)C#CCCC[P+](c1ccccc1)(c1ccccc1)c1ccccc1.[I-]. The average Bonchev–Trinajstić information content (AvgIpc) is 2.72. The third-order valence-electron chi connectivity index (χ3n) is 4.85. The fourth-order valence-corrected chi connectivity index (χ4v) is 8.61. The molecule has 150 valence electrons. The molecular formula is C26H30IPSi. The molecule has 0 radical (unpaired) electrons. The van der Waals surface area contributed by atoms with Crippen LogP contribution >= 0.6 is 7.26 Å². The van der Waals surface area contributed by atoms with E-state index in [1.54, 1.807) is 0 Å². The molecule has 3 heteroatoms. The zero-order valence-corrected chi connectivity index (χ0v) is 21.7. The van der Waals surface area contributed by atoms with E-state index in [1.165, 1.54) is 15.9 Å². The van der Waals surface area contributed by atoms with Gasteiger partial charge in [0.1, 0.15) is 31.2 Å². The van der Waals surface area contributed by atoms with Gasteiger partial charge in [0.15, 0.2) is 0 Å². The van der Waals surface area contributed by atoms with Crippen LogP contribution in [0.15, 0.2) is 91.0 Å². The maximum atomic E-state index is 3.53. The fourth-order valence-electron chi connectivity index (χ4n) is 3.61. The van der Waals surface area contributed by atoms with E-state index in [-0.39, 0.29) is 24.0 Å². The van der Waals surface area contributed by atoms with Crippen molar-refractivity contribution >= 4 is 31.2 Å². The van der Waals surface area contributed by atoms with Gasteiger partial charge < -0.3 is 24.0 Å². The molecule has 3 aromatic rings. The van der Waals surface area contributed by atoms with Gasteiger partial charge in [0, 0.05) is 6.42 Å². The Morgan fingerprint density at radius 3 is 1.38 bits per heavy atom. The van der Waals surface area contributed by atoms with Crippen LogP contribution in [0, 0.1) is 11.5 Å². The molecule has 0 N–H and O–H groups in total. The van der Waals surface area contributed by atoms with Crippen molar-refractivity contribution in [1.82, 2.24) is 0 Å². The predicted octanol–water partition coefficient (Wildman–Crippen LogP) is 2.65. The molecule has 0 aliphatic heterocycles. The average molecular weight is 528 g/mol. The summed E-state index contributed by atoms with van der Waals surface area (Å²) in [5.74, 6) is 3.48. The van der Waals surface area contributed by atoms with Crippen LogP contribution in [0.4, 0.5) is 0 Å². The maximum Gasteiger partial charge on any atom is 0.129 e. The number of benzene rings is 3. The third-order valence-corrected chi connectivity index (χ3v) is 10.3. The van der Waals surface area contributed by atoms with Crippen molar-refractivity contribution < 1.29 is 24.0 Å². The normalized spacial score (nSPS) is 11.1. The van der Waals surface area contributed by atoms with Gasteiger partial charge in [-0.15, -0.1) is 11.5 Å². The van der Waals surface area contributed by atoms with Crippen LogP contribution in [0.5, 0.6) is 0 Å². The van der Waals surface area contributed by atoms with Crippen molar-refractivity contribution in [3.05, 3.63) is 91.0 Å². The molecule has 0 heterocycles. The van der Waals surface area contributed by atoms with Gasteiger partial charge in [-0.3, -0.25) is 0 Å². The fraction of sp³-hybridized carbons (Fsp3) is 0.231. The summed E-state index contributed by atoms with van der Waals surface area (Å²) in [6, 6.07) is 33.4. The maximum absolute atomic E-state index is 3.53. The Morgan fingerprint density at radius 2 is 1.03 bits per heavy atom. The summed E-state index contributed by atoms with van der Waals surface area (Å²) >= 11 is 0. The van der Waals surface area contributed by atoms with E-state index in [0.29, 0.717) is 0 Å². The lowest BCUT2D eigenvalue weighted by atomic mass is 10.3. The molecule has 3 aromatic carbocycles. The first-order valence-electron chi connectivity index (χ1n) is 10.1. The quantitative estimate of drug-likeness (QED) is 0.152. The third kappa shape index (κ3) is 6.29. The van der Waals surface area contributed by atoms with Crippen molar-refractivity contribution in [2.75, 3.05) is 6.16 Å². The van der Waals surface area contributed by atoms with Crippen LogP contribution in [0.25, 0.3) is 0 Å². The molecule has 0 aliphatic carbocycles. The van der Waals surface area contributed by atoms with Crippen LogP contribution in [-0.2, 0) is 0 Å². The number of halogens is 1. The zero-order valence-electron chi connectivity index (χ0n) is 17.6. The molecule has 0 aliphatic rings. The second-order valence-electron chi connectivity index (χ2n) is 8.20. The standard InChI is InChI=1S/C26H30PSi.HI/c1-28(2,3)23-15-7-14-22-27(24-16-8-4-9-17-24,25-18-10-5-11-19-25)26-20-12-6-13-21-26;/h4-6,8-13,16-21H,7,14,22H2,1-3H3;1H/q+1;/p-1. The lowest BCUT2D eigenvalue weighted by Crippen LogP contribution is -3.00. The summed E-state index contributed by atoms with van der Waals surface area (Å²) in [7, 11) is -2.99. The van der Waals surface area contributed by atoms with Crippen LogP contribution in [-0.4, -0.2) is 14.2 Å². The van der Waals surface area contributed by atoms with E-state index < -0.39 is 15.3 Å². The molecule has 0 unspecified atom stereocenters. The monoisotopic (exact) mass is 528 g/mol. The second kappa shape index (κ2) is 11.1. The lowest BCUT2D eigenvalue weighted by molar-refractivity contribution is -0.00000579. The van der Waals surface area contributed by atoms with E-state index in [0.717, 1.165) is 19.0 Å². The Labute approximate surface area is 195 Å². The van der Waals surface area contributed by atoms with Gasteiger partial charge in [0.2, 0.25) is 0 Å². The number of unbranched alkanes of at least 4 members (excludes halogenated alkanes) is 1. The Balaban J connectivity index is 0.00000300. The largest absolute Gasteiger partial charge is 1.00 e. The molecule has 0 amide bonds. The van der Waals surface area contributed by atoms with Gasteiger partial charge in [0.05, 0.1) is 6.16 Å². The van der Waals surface area contributed by atoms with Crippen LogP contribution < -0.4 is 39.9 Å². The summed E-state index contributed by atoms with van der Waals surface area (Å²) in [5, 5.41) is 4.39. The highest BCUT2D eigenvalue weighted by Crippen LogP contribution is 2.55. The molecule has 0 saturated heterocycles. The number of hydrogen-bond donors (Lipinski definition) is 0. The Hall–Kier alpha value is -1.40. The molecule has 0 fully saturated rings. The lowest BCUT2D eigenvalue weighted by Gasteiger charge is -2.27. The molecular weight excluding hydrogens is 498 g/mol. The minimum absolute atomic E-state index is 0. The van der Waals surface area contributed by atoms with Gasteiger partial charge in [-0.1, -0.05) is 74.2 Å². The molecule has 3 rings (SSSR count). The van der Waals surface area contributed by atoms with Crippen molar-refractivity contribution in [2.24, 2.45) is 0 Å². The van der Waals surface area contributed by atoms with Gasteiger partial charge in [-0.25, -0.2) is 0 Å². The van der Waals surface area contributed by atoms with Crippen LogP contribution in [0.3, 0.4) is 0 Å². The van der Waals surface area contributed by atoms with E-state index in [9.17, 15) is 0 Å². The smallest absolute Gasteiger partial charge is 0.129 e. The van der Waals surface area contributed by atoms with Crippen LogP contribution in [0.2, 0.25) is 19.6 Å². The highest BCUT2D eigenvalue weighted by atomic mass is 127. The van der Waals surface area contributed by atoms with E-state index in [2.05, 4.69) is 122 Å². The minimum Gasteiger partial charge on any atom is -1.00 e. The zero-order chi connectivity index (χ0) is 19.9. The van der Waals surface area contributed by atoms with E-state index in [4.69, 9.17) is 0 Å². The molecule has 0 saturated carbocycles. The van der Waals surface area contributed by atoms with Gasteiger partial charge in [-0.2, -0.15) is 0 Å². The number of hydrogen-bond acceptors (Lipinski definition) is 0. The molecule has 0 aromatic heterocycles. The predicted molar refractivity (Wildman–Crippen MR) is 130 cm³/mol. The topological polar surface area (TPSA) is 0 Å². The van der Waals surface area contributed by atoms with E-state index in [1.807, 2.05) is 0 Å². The highest BCUT2D eigenvalue weighted by Gasteiger charge is 2.44. The summed E-state index contributed by atoms with van der Waals surface area (Å²) < 4.78 is 0. The van der Waals surface area contributed by atoms with Crippen molar-refractivity contribution in [3.63, 3.8) is 0 Å². The molecule has 0 spiro atoms. The van der Waals surface area contributed by atoms with Gasteiger partial charge in [0.25, 0.3) is 0 Å². The first-order valence-corrected chi connectivity index (χ1v) is 15.5. The van der Waals surface area contributed by atoms with Crippen molar-refractivity contribution in [1.29, 1.82) is 0 Å². The summed E-state index contributed by atoms with van der Waals surface area (Å²) in [6.07, 6.45) is 3.27.